The van der Waals surface area contributed by atoms with Crippen LogP contribution in [-0.4, -0.2) is 22.2 Å². The number of rotatable bonds is 7. The highest BCUT2D eigenvalue weighted by Gasteiger charge is 2.19. The average molecular weight is 222 g/mol. The van der Waals surface area contributed by atoms with Crippen molar-refractivity contribution in [1.29, 1.82) is 0 Å². The number of hydrogen-bond donors (Lipinski definition) is 2. The Morgan fingerprint density at radius 2 is 1.79 bits per heavy atom. The zero-order chi connectivity index (χ0) is 10.3. The van der Waals surface area contributed by atoms with E-state index in [-0.39, 0.29) is 19.9 Å². The van der Waals surface area contributed by atoms with E-state index in [9.17, 15) is 9.59 Å². The minimum absolute atomic E-state index is 0. The summed E-state index contributed by atoms with van der Waals surface area (Å²) >= 11 is 0. The van der Waals surface area contributed by atoms with Gasteiger partial charge in [0.25, 0.3) is 0 Å². The number of carboxylic acids is 2. The standard InChI is InChI=1S/C9H16O4.H2S/c1-2-3-4-5-7(9(12)13)6-8(10)11;/h7H,2-6H2,1H3,(H,10,11)(H,12,13);1H2. The van der Waals surface area contributed by atoms with Crippen molar-refractivity contribution in [3.05, 3.63) is 0 Å². The fourth-order valence-electron chi connectivity index (χ4n) is 1.16. The van der Waals surface area contributed by atoms with Crippen LogP contribution in [0.5, 0.6) is 0 Å². The molecule has 0 amide bonds. The Morgan fingerprint density at radius 1 is 1.21 bits per heavy atom. The lowest BCUT2D eigenvalue weighted by atomic mass is 9.98. The van der Waals surface area contributed by atoms with Crippen LogP contribution < -0.4 is 0 Å². The third kappa shape index (κ3) is 7.91. The Kier molecular flexibility index (Phi) is 9.98. The minimum atomic E-state index is -1.04. The zero-order valence-electron chi connectivity index (χ0n) is 8.32. The summed E-state index contributed by atoms with van der Waals surface area (Å²) < 4.78 is 0. The van der Waals surface area contributed by atoms with Crippen LogP contribution in [0.4, 0.5) is 0 Å². The minimum Gasteiger partial charge on any atom is -0.481 e. The van der Waals surface area contributed by atoms with Crippen molar-refractivity contribution in [1.82, 2.24) is 0 Å². The molecular weight excluding hydrogens is 204 g/mol. The Morgan fingerprint density at radius 3 is 2.14 bits per heavy atom. The SMILES string of the molecule is CCCCCC(CC(=O)O)C(=O)O.S. The smallest absolute Gasteiger partial charge is 0.307 e. The summed E-state index contributed by atoms with van der Waals surface area (Å²) in [5, 5.41) is 17.1. The molecule has 0 aromatic carbocycles. The predicted molar refractivity (Wildman–Crippen MR) is 57.9 cm³/mol. The average Bonchev–Trinajstić information content (AvgIpc) is 2.02. The van der Waals surface area contributed by atoms with Gasteiger partial charge in [0.15, 0.2) is 0 Å². The quantitative estimate of drug-likeness (QED) is 0.645. The monoisotopic (exact) mass is 222 g/mol. The molecule has 1 atom stereocenters. The summed E-state index contributed by atoms with van der Waals surface area (Å²) in [5.74, 6) is -2.76. The summed E-state index contributed by atoms with van der Waals surface area (Å²) in [7, 11) is 0. The van der Waals surface area contributed by atoms with Crippen LogP contribution in [0, 0.1) is 5.92 Å². The summed E-state index contributed by atoms with van der Waals surface area (Å²) in [4.78, 5) is 20.8. The lowest BCUT2D eigenvalue weighted by molar-refractivity contribution is -0.148. The number of unbranched alkanes of at least 4 members (excludes halogenated alkanes) is 2. The highest BCUT2D eigenvalue weighted by molar-refractivity contribution is 7.59. The van der Waals surface area contributed by atoms with E-state index in [2.05, 4.69) is 0 Å². The van der Waals surface area contributed by atoms with Gasteiger partial charge in [-0.05, 0) is 6.42 Å². The van der Waals surface area contributed by atoms with Crippen LogP contribution in [0.15, 0.2) is 0 Å². The van der Waals surface area contributed by atoms with Gasteiger partial charge in [-0.1, -0.05) is 26.2 Å². The number of carbonyl (C=O) groups is 2. The van der Waals surface area contributed by atoms with Crippen LogP contribution in [0.25, 0.3) is 0 Å². The molecule has 0 spiro atoms. The molecule has 0 radical (unpaired) electrons. The molecule has 2 N–H and O–H groups in total. The van der Waals surface area contributed by atoms with Gasteiger partial charge in [0, 0.05) is 0 Å². The van der Waals surface area contributed by atoms with Crippen LogP contribution >= 0.6 is 13.5 Å². The van der Waals surface area contributed by atoms with Crippen molar-refractivity contribution < 1.29 is 19.8 Å². The molecule has 1 unspecified atom stereocenters. The molecule has 0 aliphatic carbocycles. The molecule has 0 rings (SSSR count). The fraction of sp³-hybridized carbons (Fsp3) is 0.778. The lowest BCUT2D eigenvalue weighted by Crippen LogP contribution is -2.17. The van der Waals surface area contributed by atoms with Crippen molar-refractivity contribution in [2.75, 3.05) is 0 Å². The highest BCUT2D eigenvalue weighted by Crippen LogP contribution is 2.13. The third-order valence-corrected chi connectivity index (χ3v) is 1.93. The highest BCUT2D eigenvalue weighted by atomic mass is 32.1. The van der Waals surface area contributed by atoms with E-state index >= 15 is 0 Å². The first-order valence-electron chi connectivity index (χ1n) is 4.52. The van der Waals surface area contributed by atoms with Crippen LogP contribution in [0.1, 0.15) is 39.0 Å². The van der Waals surface area contributed by atoms with Crippen LogP contribution in [0.2, 0.25) is 0 Å². The molecule has 5 heteroatoms. The Balaban J connectivity index is 0. The van der Waals surface area contributed by atoms with Crippen LogP contribution in [0.3, 0.4) is 0 Å². The summed E-state index contributed by atoms with van der Waals surface area (Å²) in [6.07, 6.45) is 2.97. The van der Waals surface area contributed by atoms with Gasteiger partial charge in [0.05, 0.1) is 12.3 Å². The van der Waals surface area contributed by atoms with E-state index in [1.165, 1.54) is 0 Å². The summed E-state index contributed by atoms with van der Waals surface area (Å²) in [6, 6.07) is 0. The van der Waals surface area contributed by atoms with Crippen molar-refractivity contribution in [2.45, 2.75) is 39.0 Å². The van der Waals surface area contributed by atoms with Gasteiger partial charge in [-0.25, -0.2) is 0 Å². The number of hydrogen-bond acceptors (Lipinski definition) is 2. The van der Waals surface area contributed by atoms with Crippen molar-refractivity contribution in [3.8, 4) is 0 Å². The van der Waals surface area contributed by atoms with Crippen molar-refractivity contribution in [3.63, 3.8) is 0 Å². The zero-order valence-corrected chi connectivity index (χ0v) is 9.32. The molecule has 0 saturated heterocycles. The van der Waals surface area contributed by atoms with E-state index in [1.54, 1.807) is 0 Å². The predicted octanol–water partition coefficient (Wildman–Crippen LogP) is 1.85. The molecular formula is C9H18O4S. The third-order valence-electron chi connectivity index (χ3n) is 1.93. The molecule has 0 bridgehead atoms. The maximum absolute atomic E-state index is 10.6. The second-order valence-corrected chi connectivity index (χ2v) is 3.13. The second kappa shape index (κ2) is 8.87. The van der Waals surface area contributed by atoms with E-state index in [4.69, 9.17) is 10.2 Å². The molecule has 14 heavy (non-hydrogen) atoms. The largest absolute Gasteiger partial charge is 0.481 e. The van der Waals surface area contributed by atoms with Gasteiger partial charge >= 0.3 is 11.9 Å². The van der Waals surface area contributed by atoms with E-state index < -0.39 is 17.9 Å². The first-order chi connectivity index (χ1) is 6.07. The molecule has 0 saturated carbocycles. The van der Waals surface area contributed by atoms with Gasteiger partial charge < -0.3 is 10.2 Å². The molecule has 0 aliphatic heterocycles. The second-order valence-electron chi connectivity index (χ2n) is 3.13. The van der Waals surface area contributed by atoms with Crippen molar-refractivity contribution >= 4 is 25.4 Å². The van der Waals surface area contributed by atoms with Gasteiger partial charge in [0.2, 0.25) is 0 Å². The van der Waals surface area contributed by atoms with E-state index in [0.717, 1.165) is 19.3 Å². The molecule has 0 heterocycles. The number of carboxylic acid groups (broad SMARTS) is 2. The molecule has 0 aliphatic rings. The molecule has 0 fully saturated rings. The van der Waals surface area contributed by atoms with Gasteiger partial charge in [0.1, 0.15) is 0 Å². The lowest BCUT2D eigenvalue weighted by Gasteiger charge is -2.08. The molecule has 0 aromatic heterocycles. The van der Waals surface area contributed by atoms with Gasteiger partial charge in [-0.15, -0.1) is 0 Å². The van der Waals surface area contributed by atoms with Crippen molar-refractivity contribution in [2.24, 2.45) is 5.92 Å². The fourth-order valence-corrected chi connectivity index (χ4v) is 1.16. The maximum Gasteiger partial charge on any atom is 0.307 e. The van der Waals surface area contributed by atoms with E-state index in [1.807, 2.05) is 6.92 Å². The Bertz CT molecular complexity index is 182. The molecule has 4 nitrogen and oxygen atoms in total. The first kappa shape index (κ1) is 15.7. The summed E-state index contributed by atoms with van der Waals surface area (Å²) in [6.45, 7) is 2.02. The van der Waals surface area contributed by atoms with Crippen LogP contribution in [-0.2, 0) is 9.59 Å². The van der Waals surface area contributed by atoms with Gasteiger partial charge in [-0.2, -0.15) is 13.5 Å². The topological polar surface area (TPSA) is 74.6 Å². The first-order valence-corrected chi connectivity index (χ1v) is 4.52. The molecule has 0 aromatic rings. The van der Waals surface area contributed by atoms with E-state index in [0.29, 0.717) is 6.42 Å². The summed E-state index contributed by atoms with van der Waals surface area (Å²) in [5.41, 5.74) is 0. The van der Waals surface area contributed by atoms with Gasteiger partial charge in [-0.3, -0.25) is 9.59 Å². The maximum atomic E-state index is 10.6. The normalized spacial score (nSPS) is 11.5. The Labute approximate surface area is 90.8 Å². The Hall–Kier alpha value is -0.710. The number of aliphatic carboxylic acids is 2. The molecule has 84 valence electrons.